The topological polar surface area (TPSA) is 79.8 Å². The van der Waals surface area contributed by atoms with Crippen molar-refractivity contribution in [2.45, 2.75) is 38.4 Å². The summed E-state index contributed by atoms with van der Waals surface area (Å²) in [6, 6.07) is 15.6. The fourth-order valence-electron chi connectivity index (χ4n) is 3.57. The van der Waals surface area contributed by atoms with Gasteiger partial charge < -0.3 is 10.3 Å². The molecule has 33 heavy (non-hydrogen) atoms. The second-order valence-corrected chi connectivity index (χ2v) is 9.61. The summed E-state index contributed by atoms with van der Waals surface area (Å²) in [7, 11) is 0. The number of H-pyrrole nitrogens is 1. The Labute approximate surface area is 205 Å². The number of carbonyl (C=O) groups is 1. The van der Waals surface area contributed by atoms with Gasteiger partial charge in [0.2, 0.25) is 5.91 Å². The van der Waals surface area contributed by atoms with Gasteiger partial charge >= 0.3 is 0 Å². The number of rotatable bonds is 8. The minimum atomic E-state index is -0.154. The maximum atomic E-state index is 13.3. The molecule has 0 aliphatic carbocycles. The number of thioether (sulfide) groups is 1. The van der Waals surface area contributed by atoms with Gasteiger partial charge in [-0.2, -0.15) is 0 Å². The van der Waals surface area contributed by atoms with E-state index in [9.17, 15) is 9.59 Å². The summed E-state index contributed by atoms with van der Waals surface area (Å²) >= 11 is 4.77. The van der Waals surface area contributed by atoms with E-state index in [1.165, 1.54) is 11.8 Å². The maximum Gasteiger partial charge on any atom is 0.278 e. The number of benzene rings is 2. The van der Waals surface area contributed by atoms with Gasteiger partial charge in [-0.25, -0.2) is 4.98 Å². The first-order valence-corrected chi connectivity index (χ1v) is 12.6. The molecule has 8 heteroatoms. The van der Waals surface area contributed by atoms with E-state index in [1.807, 2.05) is 61.7 Å². The first-order valence-electron chi connectivity index (χ1n) is 10.8. The predicted molar refractivity (Wildman–Crippen MR) is 139 cm³/mol. The van der Waals surface area contributed by atoms with Crippen molar-refractivity contribution in [2.24, 2.45) is 0 Å². The molecule has 2 aromatic carbocycles. The number of nitrogens with zero attached hydrogens (tertiary/aromatic N) is 2. The Hall–Kier alpha value is -2.84. The highest BCUT2D eigenvalue weighted by atomic mass is 79.9. The van der Waals surface area contributed by atoms with Crippen LogP contribution in [0.5, 0.6) is 0 Å². The molecule has 0 aliphatic heterocycles. The number of hydrogen-bond acceptors (Lipinski definition) is 4. The van der Waals surface area contributed by atoms with Gasteiger partial charge in [-0.3, -0.25) is 14.2 Å². The summed E-state index contributed by atoms with van der Waals surface area (Å²) in [5.74, 6) is -0.00606. The van der Waals surface area contributed by atoms with Gasteiger partial charge in [-0.05, 0) is 52.5 Å². The van der Waals surface area contributed by atoms with Gasteiger partial charge in [0.25, 0.3) is 5.56 Å². The first kappa shape index (κ1) is 23.3. The molecule has 2 aromatic heterocycles. The van der Waals surface area contributed by atoms with Gasteiger partial charge in [0.15, 0.2) is 5.16 Å². The van der Waals surface area contributed by atoms with Gasteiger partial charge in [-0.15, -0.1) is 0 Å². The molecule has 0 fully saturated rings. The van der Waals surface area contributed by atoms with Crippen molar-refractivity contribution < 1.29 is 4.79 Å². The van der Waals surface area contributed by atoms with Crippen LogP contribution in [-0.2, 0) is 11.3 Å². The Bertz CT molecular complexity index is 1350. The van der Waals surface area contributed by atoms with E-state index >= 15 is 0 Å². The molecule has 0 radical (unpaired) electrons. The molecule has 2 N–H and O–H groups in total. The quantitative estimate of drug-likeness (QED) is 0.219. The Balaban J connectivity index is 1.64. The van der Waals surface area contributed by atoms with E-state index in [2.05, 4.69) is 33.2 Å². The van der Waals surface area contributed by atoms with Crippen LogP contribution in [0.4, 0.5) is 5.69 Å². The minimum Gasteiger partial charge on any atom is -0.355 e. The van der Waals surface area contributed by atoms with Crippen LogP contribution in [-0.4, -0.2) is 26.2 Å². The third-order valence-corrected chi connectivity index (χ3v) is 6.93. The molecular formula is C25H25BrN4O2S. The SMILES string of the molecule is CCCCn1c(SCC(=O)Nc2ccc(C)cc2Br)nc2c(-c3ccccc3)c[nH]c2c1=O. The van der Waals surface area contributed by atoms with Crippen LogP contribution in [0, 0.1) is 6.92 Å². The predicted octanol–water partition coefficient (Wildman–Crippen LogP) is 5.99. The number of unbranched alkanes of at least 4 members (excludes halogenated alkanes) is 1. The van der Waals surface area contributed by atoms with Crippen LogP contribution in [0.25, 0.3) is 22.2 Å². The van der Waals surface area contributed by atoms with Crippen molar-refractivity contribution >= 4 is 50.3 Å². The Kier molecular flexibility index (Phi) is 7.35. The molecule has 4 aromatic rings. The monoisotopic (exact) mass is 524 g/mol. The lowest BCUT2D eigenvalue weighted by atomic mass is 10.1. The Morgan fingerprint density at radius 2 is 2.00 bits per heavy atom. The summed E-state index contributed by atoms with van der Waals surface area (Å²) in [4.78, 5) is 33.9. The number of aromatic nitrogens is 3. The molecule has 0 saturated heterocycles. The van der Waals surface area contributed by atoms with Crippen LogP contribution >= 0.6 is 27.7 Å². The molecule has 0 atom stereocenters. The Morgan fingerprint density at radius 1 is 1.21 bits per heavy atom. The molecule has 170 valence electrons. The average molecular weight is 525 g/mol. The molecule has 4 rings (SSSR count). The summed E-state index contributed by atoms with van der Waals surface area (Å²) in [6.45, 7) is 4.64. The molecule has 1 amide bonds. The highest BCUT2D eigenvalue weighted by Crippen LogP contribution is 2.28. The zero-order chi connectivity index (χ0) is 23.4. The van der Waals surface area contributed by atoms with E-state index in [0.29, 0.717) is 22.7 Å². The van der Waals surface area contributed by atoms with Crippen LogP contribution in [0.3, 0.4) is 0 Å². The second-order valence-electron chi connectivity index (χ2n) is 7.82. The van der Waals surface area contributed by atoms with Crippen LogP contribution in [0.2, 0.25) is 0 Å². The molecule has 2 heterocycles. The van der Waals surface area contributed by atoms with Gasteiger partial charge in [0.05, 0.1) is 11.4 Å². The number of anilines is 1. The smallest absolute Gasteiger partial charge is 0.278 e. The standard InChI is InChI=1S/C25H25BrN4O2S/c1-3-4-12-30-24(32)23-22(18(14-27-23)17-8-6-5-7-9-17)29-25(30)33-15-21(31)28-20-11-10-16(2)13-19(20)26/h5-11,13-14,27H,3-4,12,15H2,1-2H3,(H,28,31). The molecule has 0 bridgehead atoms. The normalized spacial score (nSPS) is 11.1. The van der Waals surface area contributed by atoms with Crippen molar-refractivity contribution in [1.29, 1.82) is 0 Å². The largest absolute Gasteiger partial charge is 0.355 e. The van der Waals surface area contributed by atoms with Crippen LogP contribution in [0.1, 0.15) is 25.3 Å². The number of fused-ring (bicyclic) bond motifs is 1. The minimum absolute atomic E-state index is 0.111. The van der Waals surface area contributed by atoms with Crippen molar-refractivity contribution in [3.8, 4) is 11.1 Å². The first-order chi connectivity index (χ1) is 16.0. The number of hydrogen-bond donors (Lipinski definition) is 2. The lowest BCUT2D eigenvalue weighted by Gasteiger charge is -2.12. The molecule has 0 aliphatic rings. The molecular weight excluding hydrogens is 500 g/mol. The zero-order valence-corrected chi connectivity index (χ0v) is 20.9. The Morgan fingerprint density at radius 3 is 2.73 bits per heavy atom. The summed E-state index contributed by atoms with van der Waals surface area (Å²) in [6.07, 6.45) is 3.64. The number of amides is 1. The summed E-state index contributed by atoms with van der Waals surface area (Å²) in [5, 5.41) is 3.48. The fourth-order valence-corrected chi connectivity index (χ4v) is 4.98. The number of carbonyl (C=O) groups excluding carboxylic acids is 1. The number of aromatic amines is 1. The average Bonchev–Trinajstić information content (AvgIpc) is 3.24. The van der Waals surface area contributed by atoms with Gasteiger partial charge in [0, 0.05) is 22.8 Å². The fraction of sp³-hybridized carbons (Fsp3) is 0.240. The number of halogens is 1. The second kappa shape index (κ2) is 10.4. The van der Waals surface area contributed by atoms with Crippen molar-refractivity contribution in [3.05, 3.63) is 75.1 Å². The van der Waals surface area contributed by atoms with E-state index < -0.39 is 0 Å². The number of aryl methyl sites for hydroxylation is 1. The van der Waals surface area contributed by atoms with Crippen LogP contribution in [0.15, 0.2) is 69.2 Å². The van der Waals surface area contributed by atoms with E-state index in [4.69, 9.17) is 4.98 Å². The highest BCUT2D eigenvalue weighted by Gasteiger charge is 2.17. The third-order valence-electron chi connectivity index (χ3n) is 5.30. The zero-order valence-electron chi connectivity index (χ0n) is 18.5. The molecule has 0 saturated carbocycles. The van der Waals surface area contributed by atoms with E-state index in [-0.39, 0.29) is 17.2 Å². The molecule has 0 unspecified atom stereocenters. The van der Waals surface area contributed by atoms with Crippen molar-refractivity contribution in [2.75, 3.05) is 11.1 Å². The van der Waals surface area contributed by atoms with Gasteiger partial charge in [-0.1, -0.05) is 61.5 Å². The van der Waals surface area contributed by atoms with Gasteiger partial charge in [0.1, 0.15) is 11.0 Å². The lowest BCUT2D eigenvalue weighted by molar-refractivity contribution is -0.113. The molecule has 6 nitrogen and oxygen atoms in total. The summed E-state index contributed by atoms with van der Waals surface area (Å²) < 4.78 is 2.51. The summed E-state index contributed by atoms with van der Waals surface area (Å²) in [5.41, 5.74) is 4.69. The molecule has 0 spiro atoms. The van der Waals surface area contributed by atoms with Crippen molar-refractivity contribution in [3.63, 3.8) is 0 Å². The number of nitrogens with one attached hydrogen (secondary N) is 2. The maximum absolute atomic E-state index is 13.3. The lowest BCUT2D eigenvalue weighted by Crippen LogP contribution is -2.24. The van der Waals surface area contributed by atoms with E-state index in [1.54, 1.807) is 4.57 Å². The third kappa shape index (κ3) is 5.23. The van der Waals surface area contributed by atoms with Crippen molar-refractivity contribution in [1.82, 2.24) is 14.5 Å². The van der Waals surface area contributed by atoms with Crippen LogP contribution < -0.4 is 10.9 Å². The van der Waals surface area contributed by atoms with E-state index in [0.717, 1.165) is 39.7 Å². The highest BCUT2D eigenvalue weighted by molar-refractivity contribution is 9.10.